The number of carbonyl (C=O) groups excluding carboxylic acids is 1. The van der Waals surface area contributed by atoms with Crippen molar-refractivity contribution in [1.29, 1.82) is 0 Å². The monoisotopic (exact) mass is 288 g/mol. The molecule has 1 N–H and O–H groups in total. The van der Waals surface area contributed by atoms with Crippen LogP contribution in [0.2, 0.25) is 0 Å². The molecule has 0 spiro atoms. The number of amides is 1. The second kappa shape index (κ2) is 6.17. The molecule has 0 saturated heterocycles. The first-order chi connectivity index (χ1) is 10.0. The number of benzene rings is 1. The van der Waals surface area contributed by atoms with Gasteiger partial charge in [-0.1, -0.05) is 23.4 Å². The smallest absolute Gasteiger partial charge is 0.325 e. The minimum Gasteiger partial charge on any atom is -0.480 e. The molecule has 1 aromatic heterocycles. The van der Waals surface area contributed by atoms with Crippen molar-refractivity contribution in [2.75, 3.05) is 11.4 Å². The second-order valence-electron chi connectivity index (χ2n) is 4.53. The predicted octanol–water partition coefficient (Wildman–Crippen LogP) is 1.34. The first-order valence-electron chi connectivity index (χ1n) is 6.52. The molecular weight excluding hydrogens is 272 g/mol. The van der Waals surface area contributed by atoms with Crippen LogP contribution in [0.5, 0.6) is 0 Å². The van der Waals surface area contributed by atoms with E-state index < -0.39 is 5.97 Å². The van der Waals surface area contributed by atoms with Crippen molar-refractivity contribution in [3.8, 4) is 0 Å². The van der Waals surface area contributed by atoms with Crippen molar-refractivity contribution >= 4 is 17.6 Å². The molecule has 1 aromatic carbocycles. The molecule has 0 saturated carbocycles. The lowest BCUT2D eigenvalue weighted by Crippen LogP contribution is -2.31. The van der Waals surface area contributed by atoms with Crippen LogP contribution in [-0.2, 0) is 11.3 Å². The van der Waals surface area contributed by atoms with E-state index in [0.717, 1.165) is 15.9 Å². The number of hydrogen-bond donors (Lipinski definition) is 1. The fourth-order valence-corrected chi connectivity index (χ4v) is 2.04. The zero-order chi connectivity index (χ0) is 15.4. The zero-order valence-electron chi connectivity index (χ0n) is 11.9. The van der Waals surface area contributed by atoms with E-state index in [1.807, 2.05) is 38.1 Å². The number of anilines is 1. The van der Waals surface area contributed by atoms with Crippen LogP contribution in [0.25, 0.3) is 0 Å². The van der Waals surface area contributed by atoms with Gasteiger partial charge in [-0.3, -0.25) is 9.59 Å². The molecule has 21 heavy (non-hydrogen) atoms. The van der Waals surface area contributed by atoms with Crippen molar-refractivity contribution in [2.45, 2.75) is 20.4 Å². The number of carboxylic acids is 1. The van der Waals surface area contributed by atoms with Crippen LogP contribution in [-0.4, -0.2) is 38.5 Å². The third-order valence-corrected chi connectivity index (χ3v) is 3.02. The van der Waals surface area contributed by atoms with Crippen LogP contribution in [0.1, 0.15) is 23.0 Å². The Morgan fingerprint density at radius 1 is 1.33 bits per heavy atom. The van der Waals surface area contributed by atoms with Gasteiger partial charge in [-0.25, -0.2) is 4.68 Å². The van der Waals surface area contributed by atoms with Gasteiger partial charge in [0.2, 0.25) is 0 Å². The van der Waals surface area contributed by atoms with Gasteiger partial charge in [0.25, 0.3) is 5.91 Å². The van der Waals surface area contributed by atoms with Crippen molar-refractivity contribution in [1.82, 2.24) is 15.0 Å². The van der Waals surface area contributed by atoms with Gasteiger partial charge in [0.05, 0.1) is 6.20 Å². The summed E-state index contributed by atoms with van der Waals surface area (Å²) in [6.07, 6.45) is 1.34. The molecule has 0 aliphatic heterocycles. The number of aromatic nitrogens is 3. The summed E-state index contributed by atoms with van der Waals surface area (Å²) in [4.78, 5) is 24.7. The quantitative estimate of drug-likeness (QED) is 0.896. The third kappa shape index (κ3) is 3.25. The van der Waals surface area contributed by atoms with E-state index in [-0.39, 0.29) is 18.1 Å². The Balaban J connectivity index is 2.26. The third-order valence-electron chi connectivity index (χ3n) is 3.02. The predicted molar refractivity (Wildman–Crippen MR) is 76.2 cm³/mol. The van der Waals surface area contributed by atoms with E-state index in [1.165, 1.54) is 6.20 Å². The maximum Gasteiger partial charge on any atom is 0.325 e. The van der Waals surface area contributed by atoms with Crippen LogP contribution in [0.3, 0.4) is 0 Å². The van der Waals surface area contributed by atoms with E-state index >= 15 is 0 Å². The summed E-state index contributed by atoms with van der Waals surface area (Å²) in [5, 5.41) is 16.1. The molecule has 0 radical (unpaired) electrons. The maximum atomic E-state index is 12.5. The fourth-order valence-electron chi connectivity index (χ4n) is 2.04. The molecule has 0 aliphatic rings. The molecule has 1 amide bonds. The lowest BCUT2D eigenvalue weighted by atomic mass is 10.1. The molecule has 2 rings (SSSR count). The molecule has 2 aromatic rings. The van der Waals surface area contributed by atoms with Gasteiger partial charge in [0, 0.05) is 12.2 Å². The lowest BCUT2D eigenvalue weighted by molar-refractivity contribution is -0.137. The van der Waals surface area contributed by atoms with Gasteiger partial charge in [0.1, 0.15) is 6.54 Å². The Labute approximate surface area is 121 Å². The first-order valence-corrected chi connectivity index (χ1v) is 6.52. The van der Waals surface area contributed by atoms with Crippen molar-refractivity contribution in [3.63, 3.8) is 0 Å². The number of rotatable bonds is 5. The number of para-hydroxylation sites is 1. The van der Waals surface area contributed by atoms with Gasteiger partial charge < -0.3 is 10.0 Å². The maximum absolute atomic E-state index is 12.5. The van der Waals surface area contributed by atoms with Crippen molar-refractivity contribution in [2.24, 2.45) is 0 Å². The topological polar surface area (TPSA) is 88.3 Å². The highest BCUT2D eigenvalue weighted by Crippen LogP contribution is 2.20. The Morgan fingerprint density at radius 3 is 2.67 bits per heavy atom. The average Bonchev–Trinajstić information content (AvgIpc) is 2.89. The first kappa shape index (κ1) is 14.7. The Bertz CT molecular complexity index is 666. The van der Waals surface area contributed by atoms with Gasteiger partial charge in [-0.05, 0) is 25.5 Å². The molecule has 0 atom stereocenters. The van der Waals surface area contributed by atoms with Gasteiger partial charge >= 0.3 is 5.97 Å². The molecule has 7 heteroatoms. The van der Waals surface area contributed by atoms with E-state index in [2.05, 4.69) is 10.3 Å². The van der Waals surface area contributed by atoms with Crippen molar-refractivity contribution in [3.05, 3.63) is 41.7 Å². The number of aryl methyl sites for hydroxylation is 1. The summed E-state index contributed by atoms with van der Waals surface area (Å²) in [7, 11) is 0. The molecule has 110 valence electrons. The van der Waals surface area contributed by atoms with Crippen LogP contribution >= 0.6 is 0 Å². The number of hydrogen-bond acceptors (Lipinski definition) is 4. The molecule has 1 heterocycles. The van der Waals surface area contributed by atoms with E-state index in [9.17, 15) is 9.59 Å². The number of aliphatic carboxylic acids is 1. The van der Waals surface area contributed by atoms with Crippen LogP contribution in [0, 0.1) is 6.92 Å². The second-order valence-corrected chi connectivity index (χ2v) is 4.53. The summed E-state index contributed by atoms with van der Waals surface area (Å²) in [6, 6.07) is 7.55. The highest BCUT2D eigenvalue weighted by molar-refractivity contribution is 6.04. The largest absolute Gasteiger partial charge is 0.480 e. The normalized spacial score (nSPS) is 10.4. The zero-order valence-corrected chi connectivity index (χ0v) is 11.9. The fraction of sp³-hybridized carbons (Fsp3) is 0.286. The number of carboxylic acid groups (broad SMARTS) is 1. The SMILES string of the molecule is CCN(C(=O)c1cn(CC(=O)O)nn1)c1ccccc1C. The molecule has 7 nitrogen and oxygen atoms in total. The number of carbonyl (C=O) groups is 2. The summed E-state index contributed by atoms with van der Waals surface area (Å²) in [6.45, 7) is 3.95. The molecule has 0 bridgehead atoms. The van der Waals surface area contributed by atoms with E-state index in [1.54, 1.807) is 4.90 Å². The molecule has 0 aliphatic carbocycles. The van der Waals surface area contributed by atoms with Gasteiger partial charge in [0.15, 0.2) is 5.69 Å². The standard InChI is InChI=1S/C14H16N4O3/c1-3-18(12-7-5-4-6-10(12)2)14(21)11-8-17(16-15-11)9-13(19)20/h4-8H,3,9H2,1-2H3,(H,19,20). The highest BCUT2D eigenvalue weighted by Gasteiger charge is 2.20. The van der Waals surface area contributed by atoms with Crippen LogP contribution in [0.4, 0.5) is 5.69 Å². The molecule has 0 unspecified atom stereocenters. The minimum absolute atomic E-state index is 0.126. The van der Waals surface area contributed by atoms with Crippen molar-refractivity contribution < 1.29 is 14.7 Å². The summed E-state index contributed by atoms with van der Waals surface area (Å²) < 4.78 is 1.13. The summed E-state index contributed by atoms with van der Waals surface area (Å²) in [5.74, 6) is -1.34. The minimum atomic E-state index is -1.04. The Hall–Kier alpha value is -2.70. The Kier molecular flexibility index (Phi) is 4.32. The molecular formula is C14H16N4O3. The van der Waals surface area contributed by atoms with E-state index in [0.29, 0.717) is 6.54 Å². The Morgan fingerprint density at radius 2 is 2.05 bits per heavy atom. The van der Waals surface area contributed by atoms with Crippen LogP contribution < -0.4 is 4.90 Å². The summed E-state index contributed by atoms with van der Waals surface area (Å²) >= 11 is 0. The van der Waals surface area contributed by atoms with E-state index in [4.69, 9.17) is 5.11 Å². The lowest BCUT2D eigenvalue weighted by Gasteiger charge is -2.21. The average molecular weight is 288 g/mol. The summed E-state index contributed by atoms with van der Waals surface area (Å²) in [5.41, 5.74) is 1.91. The molecule has 0 fully saturated rings. The number of nitrogens with zero attached hydrogens (tertiary/aromatic N) is 4. The van der Waals surface area contributed by atoms with Gasteiger partial charge in [-0.15, -0.1) is 5.10 Å². The van der Waals surface area contributed by atoms with Gasteiger partial charge in [-0.2, -0.15) is 0 Å². The highest BCUT2D eigenvalue weighted by atomic mass is 16.4. The van der Waals surface area contributed by atoms with Crippen LogP contribution in [0.15, 0.2) is 30.5 Å².